The fourth-order valence-electron chi connectivity index (χ4n) is 8.08. The fourth-order valence-corrected chi connectivity index (χ4v) is 8.08. The van der Waals surface area contributed by atoms with Gasteiger partial charge in [0.15, 0.2) is 17.5 Å². The first-order valence-corrected chi connectivity index (χ1v) is 18.2. The maximum absolute atomic E-state index is 5.15. The summed E-state index contributed by atoms with van der Waals surface area (Å²) in [4.78, 5) is 15.3. The molecule has 5 heteroatoms. The summed E-state index contributed by atoms with van der Waals surface area (Å²) in [5.74, 6) is 1.90. The van der Waals surface area contributed by atoms with Crippen LogP contribution in [0.1, 0.15) is 0 Å². The SMILES string of the molecule is c1ccc(-c2nc(-c3ccccc3)nc(-c3ccccc3-n3c4ccc(-n5c6ccccc6c6ccccc65)cc4c4cc5ccccc5cc43)n2)cc1. The van der Waals surface area contributed by atoms with Crippen molar-refractivity contribution in [2.75, 3.05) is 0 Å². The second-order valence-corrected chi connectivity index (χ2v) is 13.7. The molecule has 252 valence electrons. The molecule has 0 spiro atoms. The first-order valence-electron chi connectivity index (χ1n) is 18.2. The van der Waals surface area contributed by atoms with Crippen LogP contribution in [0.15, 0.2) is 188 Å². The zero-order chi connectivity index (χ0) is 35.6. The highest BCUT2D eigenvalue weighted by atomic mass is 15.1. The van der Waals surface area contributed by atoms with Crippen molar-refractivity contribution in [1.82, 2.24) is 24.1 Å². The van der Waals surface area contributed by atoms with Crippen molar-refractivity contribution < 1.29 is 0 Å². The molecule has 0 aliphatic heterocycles. The lowest BCUT2D eigenvalue weighted by Crippen LogP contribution is -2.03. The Kier molecular flexibility index (Phi) is 6.79. The normalized spacial score (nSPS) is 11.7. The van der Waals surface area contributed by atoms with E-state index in [0.717, 1.165) is 39.1 Å². The van der Waals surface area contributed by atoms with Gasteiger partial charge in [0.25, 0.3) is 0 Å². The van der Waals surface area contributed by atoms with E-state index in [9.17, 15) is 0 Å². The molecule has 0 atom stereocenters. The average Bonchev–Trinajstić information content (AvgIpc) is 3.75. The fraction of sp³-hybridized carbons (Fsp3) is 0. The monoisotopic (exact) mass is 689 g/mol. The second-order valence-electron chi connectivity index (χ2n) is 13.7. The highest BCUT2D eigenvalue weighted by Gasteiger charge is 2.21. The van der Waals surface area contributed by atoms with Crippen LogP contribution in [0, 0.1) is 0 Å². The highest BCUT2D eigenvalue weighted by Crippen LogP contribution is 2.40. The molecule has 0 unspecified atom stereocenters. The molecule has 0 bridgehead atoms. The Morgan fingerprint density at radius 2 is 0.815 bits per heavy atom. The lowest BCUT2D eigenvalue weighted by molar-refractivity contribution is 1.06. The van der Waals surface area contributed by atoms with Crippen molar-refractivity contribution in [1.29, 1.82) is 0 Å². The van der Waals surface area contributed by atoms with E-state index in [4.69, 9.17) is 15.0 Å². The third-order valence-electron chi connectivity index (χ3n) is 10.5. The minimum Gasteiger partial charge on any atom is -0.309 e. The van der Waals surface area contributed by atoms with Gasteiger partial charge in [0.2, 0.25) is 0 Å². The minimum absolute atomic E-state index is 0.621. The summed E-state index contributed by atoms with van der Waals surface area (Å²) in [6.45, 7) is 0. The van der Waals surface area contributed by atoms with Gasteiger partial charge >= 0.3 is 0 Å². The molecular weight excluding hydrogens is 659 g/mol. The zero-order valence-corrected chi connectivity index (χ0v) is 29.1. The van der Waals surface area contributed by atoms with Crippen molar-refractivity contribution in [3.8, 4) is 45.5 Å². The summed E-state index contributed by atoms with van der Waals surface area (Å²) in [7, 11) is 0. The summed E-state index contributed by atoms with van der Waals surface area (Å²) >= 11 is 0. The molecule has 0 N–H and O–H groups in total. The van der Waals surface area contributed by atoms with Gasteiger partial charge in [-0.05, 0) is 65.4 Å². The number of aromatic nitrogens is 5. The average molecular weight is 690 g/mol. The molecule has 0 saturated heterocycles. The Balaban J connectivity index is 1.19. The zero-order valence-electron chi connectivity index (χ0n) is 29.1. The van der Waals surface area contributed by atoms with E-state index in [1.165, 1.54) is 43.4 Å². The molecule has 8 aromatic carbocycles. The van der Waals surface area contributed by atoms with E-state index in [1.54, 1.807) is 0 Å². The Morgan fingerprint density at radius 1 is 0.315 bits per heavy atom. The summed E-state index contributed by atoms with van der Waals surface area (Å²) in [6.07, 6.45) is 0. The van der Waals surface area contributed by atoms with Gasteiger partial charge in [0.1, 0.15) is 0 Å². The minimum atomic E-state index is 0.621. The molecular formula is C49H31N5. The van der Waals surface area contributed by atoms with E-state index in [1.807, 2.05) is 60.7 Å². The molecule has 0 amide bonds. The number of hydrogen-bond donors (Lipinski definition) is 0. The van der Waals surface area contributed by atoms with Crippen LogP contribution in [0.25, 0.3) is 99.9 Å². The number of fused-ring (bicyclic) bond motifs is 7. The van der Waals surface area contributed by atoms with Crippen LogP contribution in [0.4, 0.5) is 0 Å². The molecule has 11 aromatic rings. The Bertz CT molecular complexity index is 3100. The van der Waals surface area contributed by atoms with Gasteiger partial charge in [-0.3, -0.25) is 0 Å². The van der Waals surface area contributed by atoms with Gasteiger partial charge < -0.3 is 9.13 Å². The van der Waals surface area contributed by atoms with E-state index in [2.05, 4.69) is 137 Å². The first-order chi connectivity index (χ1) is 26.8. The van der Waals surface area contributed by atoms with E-state index < -0.39 is 0 Å². The van der Waals surface area contributed by atoms with Gasteiger partial charge in [-0.15, -0.1) is 0 Å². The van der Waals surface area contributed by atoms with E-state index in [0.29, 0.717) is 17.5 Å². The number of nitrogens with zero attached hydrogens (tertiary/aromatic N) is 5. The Hall–Kier alpha value is -7.37. The van der Waals surface area contributed by atoms with Crippen LogP contribution in [0.3, 0.4) is 0 Å². The quantitative estimate of drug-likeness (QED) is 0.181. The largest absolute Gasteiger partial charge is 0.309 e. The smallest absolute Gasteiger partial charge is 0.166 e. The first kappa shape index (κ1) is 30.3. The van der Waals surface area contributed by atoms with Crippen LogP contribution in [0.5, 0.6) is 0 Å². The molecule has 0 aliphatic rings. The molecule has 11 rings (SSSR count). The van der Waals surface area contributed by atoms with Gasteiger partial charge in [-0.1, -0.05) is 133 Å². The number of rotatable bonds is 5. The standard InChI is InChI=1S/C49H31N5/c1-3-15-32(16-4-1)47-50-48(33-17-5-2-6-18-33)52-49(51-47)39-23-11-14-26-44(39)54-45-28-27-36(31-41(45)40-29-34-19-7-8-20-35(34)30-46(40)54)53-42-24-12-9-21-37(42)38-22-10-13-25-43(38)53/h1-31H. The molecule has 5 nitrogen and oxygen atoms in total. The van der Waals surface area contributed by atoms with Crippen molar-refractivity contribution >= 4 is 54.4 Å². The molecule has 0 fully saturated rings. The summed E-state index contributed by atoms with van der Waals surface area (Å²) < 4.78 is 4.78. The maximum atomic E-state index is 5.15. The van der Waals surface area contributed by atoms with Crippen molar-refractivity contribution in [3.05, 3.63) is 188 Å². The van der Waals surface area contributed by atoms with Gasteiger partial charge in [-0.2, -0.15) is 0 Å². The lowest BCUT2D eigenvalue weighted by atomic mass is 10.1. The van der Waals surface area contributed by atoms with E-state index >= 15 is 0 Å². The highest BCUT2D eigenvalue weighted by molar-refractivity contribution is 6.15. The van der Waals surface area contributed by atoms with E-state index in [-0.39, 0.29) is 0 Å². The molecule has 3 heterocycles. The van der Waals surface area contributed by atoms with Gasteiger partial charge in [0, 0.05) is 43.9 Å². The number of benzene rings is 8. The van der Waals surface area contributed by atoms with Gasteiger partial charge in [-0.25, -0.2) is 15.0 Å². The van der Waals surface area contributed by atoms with Crippen molar-refractivity contribution in [2.45, 2.75) is 0 Å². The second kappa shape index (κ2) is 12.1. The van der Waals surface area contributed by atoms with Crippen LogP contribution in [-0.2, 0) is 0 Å². The molecule has 0 aliphatic carbocycles. The number of hydrogen-bond acceptors (Lipinski definition) is 3. The Morgan fingerprint density at radius 3 is 1.48 bits per heavy atom. The molecule has 3 aromatic heterocycles. The van der Waals surface area contributed by atoms with Crippen molar-refractivity contribution in [2.24, 2.45) is 0 Å². The van der Waals surface area contributed by atoms with Gasteiger partial charge in [0.05, 0.1) is 27.8 Å². The predicted molar refractivity (Wildman–Crippen MR) is 222 cm³/mol. The topological polar surface area (TPSA) is 48.5 Å². The summed E-state index contributed by atoms with van der Waals surface area (Å²) in [6, 6.07) is 66.3. The summed E-state index contributed by atoms with van der Waals surface area (Å²) in [5, 5.41) is 7.25. The predicted octanol–water partition coefficient (Wildman–Crippen LogP) is 12.2. The van der Waals surface area contributed by atoms with Crippen LogP contribution >= 0.6 is 0 Å². The third-order valence-corrected chi connectivity index (χ3v) is 10.5. The Labute approximate surface area is 311 Å². The third kappa shape index (κ3) is 4.76. The van der Waals surface area contributed by atoms with Crippen molar-refractivity contribution in [3.63, 3.8) is 0 Å². The maximum Gasteiger partial charge on any atom is 0.166 e. The number of para-hydroxylation sites is 3. The lowest BCUT2D eigenvalue weighted by Gasteiger charge is -2.15. The summed E-state index contributed by atoms with van der Waals surface area (Å²) in [5.41, 5.74) is 9.54. The van der Waals surface area contributed by atoms with Crippen LogP contribution in [-0.4, -0.2) is 24.1 Å². The molecule has 0 saturated carbocycles. The van der Waals surface area contributed by atoms with Crippen LogP contribution in [0.2, 0.25) is 0 Å². The van der Waals surface area contributed by atoms with Crippen LogP contribution < -0.4 is 0 Å². The molecule has 0 radical (unpaired) electrons. The molecule has 54 heavy (non-hydrogen) atoms.